The zero-order valence-corrected chi connectivity index (χ0v) is 19.0. The van der Waals surface area contributed by atoms with Crippen LogP contribution in [0.4, 0.5) is 4.39 Å². The molecule has 2 aromatic rings. The summed E-state index contributed by atoms with van der Waals surface area (Å²) in [6.07, 6.45) is 4.32. The van der Waals surface area contributed by atoms with Gasteiger partial charge in [-0.15, -0.1) is 24.0 Å². The average molecular weight is 535 g/mol. The Kier molecular flexibility index (Phi) is 10.7. The first-order valence-electron chi connectivity index (χ1n) is 8.38. The molecule has 26 heavy (non-hydrogen) atoms. The smallest absolute Gasteiger partial charge is 0.190 e. The van der Waals surface area contributed by atoms with Crippen molar-refractivity contribution in [1.29, 1.82) is 0 Å². The highest BCUT2D eigenvalue weighted by molar-refractivity contribution is 14.0. The van der Waals surface area contributed by atoms with Gasteiger partial charge in [0.1, 0.15) is 5.82 Å². The highest BCUT2D eigenvalue weighted by atomic mass is 127. The Balaban J connectivity index is 0.00000338. The molecule has 0 fully saturated rings. The molecule has 0 radical (unpaired) electrons. The highest BCUT2D eigenvalue weighted by Gasteiger charge is 2.03. The van der Waals surface area contributed by atoms with Gasteiger partial charge in [0, 0.05) is 36.5 Å². The Morgan fingerprint density at radius 3 is 2.58 bits per heavy atom. The van der Waals surface area contributed by atoms with E-state index in [0.717, 1.165) is 47.6 Å². The third-order valence-electron chi connectivity index (χ3n) is 3.83. The first-order chi connectivity index (χ1) is 12.1. The van der Waals surface area contributed by atoms with Crippen molar-refractivity contribution in [2.24, 2.45) is 4.99 Å². The molecule has 1 heterocycles. The van der Waals surface area contributed by atoms with Crippen LogP contribution in [-0.2, 0) is 12.8 Å². The maximum absolute atomic E-state index is 13.8. The van der Waals surface area contributed by atoms with E-state index in [1.807, 2.05) is 31.3 Å². The second-order valence-electron chi connectivity index (χ2n) is 5.82. The number of guanidine groups is 1. The Morgan fingerprint density at radius 1 is 1.15 bits per heavy atom. The van der Waals surface area contributed by atoms with Crippen molar-refractivity contribution in [1.82, 2.24) is 15.6 Å². The topological polar surface area (TPSA) is 49.3 Å². The van der Waals surface area contributed by atoms with Crippen LogP contribution >= 0.6 is 39.9 Å². The van der Waals surface area contributed by atoms with Crippen molar-refractivity contribution in [2.45, 2.75) is 26.2 Å². The summed E-state index contributed by atoms with van der Waals surface area (Å²) in [5.74, 6) is 0.597. The highest BCUT2D eigenvalue weighted by Crippen LogP contribution is 2.16. The van der Waals surface area contributed by atoms with Gasteiger partial charge in [-0.25, -0.2) is 4.39 Å². The molecule has 7 heteroatoms. The number of nitrogens with one attached hydrogen (secondary N) is 2. The van der Waals surface area contributed by atoms with E-state index in [2.05, 4.69) is 42.6 Å². The summed E-state index contributed by atoms with van der Waals surface area (Å²) < 4.78 is 14.5. The molecule has 0 atom stereocenters. The second kappa shape index (κ2) is 12.2. The van der Waals surface area contributed by atoms with Gasteiger partial charge in [-0.2, -0.15) is 0 Å². The van der Waals surface area contributed by atoms with Crippen molar-refractivity contribution < 1.29 is 4.39 Å². The van der Waals surface area contributed by atoms with Gasteiger partial charge in [0.2, 0.25) is 0 Å². The molecule has 0 aliphatic rings. The number of aryl methyl sites for hydroxylation is 2. The molecule has 2 rings (SSSR count). The van der Waals surface area contributed by atoms with E-state index in [1.54, 1.807) is 7.05 Å². The first kappa shape index (κ1) is 22.8. The molecule has 4 nitrogen and oxygen atoms in total. The number of aliphatic imine (C=N–C) groups is 1. The van der Waals surface area contributed by atoms with E-state index >= 15 is 0 Å². The van der Waals surface area contributed by atoms with Crippen LogP contribution in [-0.4, -0.2) is 31.1 Å². The van der Waals surface area contributed by atoms with Crippen LogP contribution in [0.5, 0.6) is 0 Å². The minimum Gasteiger partial charge on any atom is -0.356 e. The summed E-state index contributed by atoms with van der Waals surface area (Å²) in [5.41, 5.74) is 2.95. The predicted octanol–water partition coefficient (Wildman–Crippen LogP) is 4.25. The summed E-state index contributed by atoms with van der Waals surface area (Å²) in [6, 6.07) is 9.30. The van der Waals surface area contributed by atoms with Crippen molar-refractivity contribution in [3.05, 3.63) is 63.6 Å². The quantitative estimate of drug-likeness (QED) is 0.242. The molecule has 0 aliphatic carbocycles. The molecular formula is C19H25BrFIN4. The number of benzene rings is 1. The lowest BCUT2D eigenvalue weighted by molar-refractivity contribution is 0.602. The molecule has 0 spiro atoms. The summed E-state index contributed by atoms with van der Waals surface area (Å²) in [5, 5.41) is 6.54. The van der Waals surface area contributed by atoms with Crippen LogP contribution in [0.1, 0.15) is 23.2 Å². The Labute approximate surface area is 180 Å². The second-order valence-corrected chi connectivity index (χ2v) is 6.74. The van der Waals surface area contributed by atoms with E-state index in [4.69, 9.17) is 0 Å². The molecule has 0 amide bonds. The number of hydrogen-bond donors (Lipinski definition) is 2. The van der Waals surface area contributed by atoms with Gasteiger partial charge in [0.05, 0.1) is 0 Å². The summed E-state index contributed by atoms with van der Waals surface area (Å²) in [6.45, 7) is 3.50. The van der Waals surface area contributed by atoms with Crippen LogP contribution in [0.2, 0.25) is 0 Å². The molecule has 0 aliphatic heterocycles. The zero-order chi connectivity index (χ0) is 18.1. The van der Waals surface area contributed by atoms with Gasteiger partial charge >= 0.3 is 0 Å². The maximum atomic E-state index is 13.8. The fourth-order valence-corrected chi connectivity index (χ4v) is 2.74. The minimum atomic E-state index is -0.163. The molecule has 1 aromatic heterocycles. The average Bonchev–Trinajstić information content (AvgIpc) is 2.60. The standard InChI is InChI=1S/C19H24BrFN4.HI/c1-14-5-6-15(13-25-14)9-11-24-19(22-2)23-10-3-4-16-7-8-17(20)12-18(16)21;/h5-8,12-13H,3-4,9-11H2,1-2H3,(H2,22,23,24);1H. The Bertz CT molecular complexity index is 707. The van der Waals surface area contributed by atoms with E-state index in [-0.39, 0.29) is 29.8 Å². The summed E-state index contributed by atoms with van der Waals surface area (Å²) in [7, 11) is 1.75. The van der Waals surface area contributed by atoms with Crippen LogP contribution in [0.25, 0.3) is 0 Å². The fraction of sp³-hybridized carbons (Fsp3) is 0.368. The normalized spacial score (nSPS) is 11.0. The monoisotopic (exact) mass is 534 g/mol. The van der Waals surface area contributed by atoms with Gasteiger partial charge in [-0.05, 0) is 55.5 Å². The number of hydrogen-bond acceptors (Lipinski definition) is 2. The molecule has 0 saturated carbocycles. The van der Waals surface area contributed by atoms with E-state index in [0.29, 0.717) is 6.42 Å². The van der Waals surface area contributed by atoms with Crippen molar-refractivity contribution >= 4 is 45.9 Å². The minimum absolute atomic E-state index is 0. The maximum Gasteiger partial charge on any atom is 0.190 e. The van der Waals surface area contributed by atoms with Gasteiger partial charge in [0.15, 0.2) is 5.96 Å². The molecular weight excluding hydrogens is 510 g/mol. The van der Waals surface area contributed by atoms with Gasteiger partial charge < -0.3 is 10.6 Å². The van der Waals surface area contributed by atoms with E-state index < -0.39 is 0 Å². The summed E-state index contributed by atoms with van der Waals surface area (Å²) >= 11 is 3.27. The summed E-state index contributed by atoms with van der Waals surface area (Å²) in [4.78, 5) is 8.50. The molecule has 142 valence electrons. The van der Waals surface area contributed by atoms with E-state index in [1.165, 1.54) is 11.6 Å². The molecule has 0 unspecified atom stereocenters. The van der Waals surface area contributed by atoms with Crippen LogP contribution in [0.3, 0.4) is 0 Å². The number of halogens is 3. The third-order valence-corrected chi connectivity index (χ3v) is 4.33. The number of rotatable bonds is 7. The van der Waals surface area contributed by atoms with Crippen molar-refractivity contribution in [3.63, 3.8) is 0 Å². The lowest BCUT2D eigenvalue weighted by atomic mass is 10.1. The number of pyridine rings is 1. The predicted molar refractivity (Wildman–Crippen MR) is 120 cm³/mol. The Morgan fingerprint density at radius 2 is 1.92 bits per heavy atom. The van der Waals surface area contributed by atoms with Crippen LogP contribution in [0.15, 0.2) is 46.0 Å². The van der Waals surface area contributed by atoms with Crippen molar-refractivity contribution in [3.8, 4) is 0 Å². The van der Waals surface area contributed by atoms with Crippen LogP contribution in [0, 0.1) is 12.7 Å². The molecule has 1 aromatic carbocycles. The van der Waals surface area contributed by atoms with Crippen LogP contribution < -0.4 is 10.6 Å². The number of nitrogens with zero attached hydrogens (tertiary/aromatic N) is 2. The van der Waals surface area contributed by atoms with Gasteiger partial charge in [-0.1, -0.05) is 28.1 Å². The number of aromatic nitrogens is 1. The molecule has 2 N–H and O–H groups in total. The van der Waals surface area contributed by atoms with Gasteiger partial charge in [0.25, 0.3) is 0 Å². The third kappa shape index (κ3) is 7.99. The lowest BCUT2D eigenvalue weighted by Crippen LogP contribution is -2.38. The Hall–Kier alpha value is -1.22. The lowest BCUT2D eigenvalue weighted by Gasteiger charge is -2.12. The molecule has 0 bridgehead atoms. The van der Waals surface area contributed by atoms with E-state index in [9.17, 15) is 4.39 Å². The molecule has 0 saturated heterocycles. The zero-order valence-electron chi connectivity index (χ0n) is 15.1. The van der Waals surface area contributed by atoms with Crippen molar-refractivity contribution in [2.75, 3.05) is 20.1 Å². The fourth-order valence-electron chi connectivity index (χ4n) is 2.40. The first-order valence-corrected chi connectivity index (χ1v) is 9.18. The SMILES string of the molecule is CN=C(NCCCc1ccc(Br)cc1F)NCCc1ccc(C)nc1.I. The largest absolute Gasteiger partial charge is 0.356 e. The van der Waals surface area contributed by atoms with Gasteiger partial charge in [-0.3, -0.25) is 9.98 Å².